The number of rotatable bonds is 3. The minimum Gasteiger partial charge on any atom is -0.365 e. The van der Waals surface area contributed by atoms with E-state index in [0.29, 0.717) is 0 Å². The number of anilines is 1. The van der Waals surface area contributed by atoms with Gasteiger partial charge in [0.05, 0.1) is 11.8 Å². The summed E-state index contributed by atoms with van der Waals surface area (Å²) in [6.07, 6.45) is 3.41. The van der Waals surface area contributed by atoms with Crippen LogP contribution in [0.2, 0.25) is 0 Å². The molecule has 18 heavy (non-hydrogen) atoms. The first-order chi connectivity index (χ1) is 8.70. The van der Waals surface area contributed by atoms with Gasteiger partial charge in [-0.3, -0.25) is 4.98 Å². The fraction of sp³-hybridized carbons (Fsp3) is 0.143. The summed E-state index contributed by atoms with van der Waals surface area (Å²) in [7, 11) is 0. The van der Waals surface area contributed by atoms with Crippen LogP contribution in [0.15, 0.2) is 47.2 Å². The summed E-state index contributed by atoms with van der Waals surface area (Å²) in [5.41, 5.74) is 2.89. The zero-order valence-electron chi connectivity index (χ0n) is 9.89. The van der Waals surface area contributed by atoms with Gasteiger partial charge in [0.2, 0.25) is 0 Å². The number of hydrogen-bond acceptors (Lipinski definition) is 3. The molecule has 0 aliphatic heterocycles. The third-order valence-corrected chi connectivity index (χ3v) is 3.14. The Morgan fingerprint density at radius 2 is 2.22 bits per heavy atom. The molecule has 1 N–H and O–H groups in total. The lowest BCUT2D eigenvalue weighted by molar-refractivity contribution is 0.977. The van der Waals surface area contributed by atoms with Crippen molar-refractivity contribution in [3.8, 4) is 6.07 Å². The summed E-state index contributed by atoms with van der Waals surface area (Å²) in [6.45, 7) is 2.00. The van der Waals surface area contributed by atoms with Gasteiger partial charge in [-0.1, -0.05) is 22.0 Å². The topological polar surface area (TPSA) is 48.7 Å². The van der Waals surface area contributed by atoms with Crippen LogP contribution in [0.5, 0.6) is 0 Å². The predicted octanol–water partition coefficient (Wildman–Crippen LogP) is 3.83. The van der Waals surface area contributed by atoms with Crippen LogP contribution in [0.4, 0.5) is 5.69 Å². The van der Waals surface area contributed by atoms with E-state index in [1.165, 1.54) is 0 Å². The van der Waals surface area contributed by atoms with Crippen LogP contribution in [-0.4, -0.2) is 4.98 Å². The highest BCUT2D eigenvalue weighted by atomic mass is 79.9. The van der Waals surface area contributed by atoms with E-state index in [1.54, 1.807) is 12.4 Å². The standard InChI is InChI=1S/C14H12BrN3/c1-10-7-11(15)4-5-13(10)14(8-16)18-12-3-2-6-17-9-12/h2-7,9,14,18H,1H3. The van der Waals surface area contributed by atoms with Gasteiger partial charge in [-0.15, -0.1) is 0 Å². The van der Waals surface area contributed by atoms with E-state index in [-0.39, 0.29) is 6.04 Å². The first kappa shape index (κ1) is 12.6. The predicted molar refractivity (Wildman–Crippen MR) is 75.1 cm³/mol. The van der Waals surface area contributed by atoms with Crippen LogP contribution >= 0.6 is 15.9 Å². The molecule has 2 aromatic rings. The highest BCUT2D eigenvalue weighted by molar-refractivity contribution is 9.10. The van der Waals surface area contributed by atoms with E-state index in [4.69, 9.17) is 0 Å². The zero-order chi connectivity index (χ0) is 13.0. The first-order valence-corrected chi connectivity index (χ1v) is 6.32. The number of hydrogen-bond donors (Lipinski definition) is 1. The van der Waals surface area contributed by atoms with E-state index in [0.717, 1.165) is 21.3 Å². The molecule has 0 amide bonds. The fourth-order valence-corrected chi connectivity index (χ4v) is 2.23. The Morgan fingerprint density at radius 1 is 1.39 bits per heavy atom. The molecule has 0 aliphatic rings. The number of aromatic nitrogens is 1. The van der Waals surface area contributed by atoms with E-state index in [2.05, 4.69) is 32.3 Å². The van der Waals surface area contributed by atoms with Crippen LogP contribution in [0.1, 0.15) is 17.2 Å². The molecule has 0 saturated carbocycles. The molecule has 4 heteroatoms. The Balaban J connectivity index is 2.27. The summed E-state index contributed by atoms with van der Waals surface area (Å²) in [5, 5.41) is 12.5. The second kappa shape index (κ2) is 5.65. The summed E-state index contributed by atoms with van der Waals surface area (Å²) in [6, 6.07) is 11.5. The molecule has 2 rings (SSSR count). The SMILES string of the molecule is Cc1cc(Br)ccc1C(C#N)Nc1cccnc1. The quantitative estimate of drug-likeness (QED) is 0.937. The number of nitrogens with zero attached hydrogens (tertiary/aromatic N) is 2. The van der Waals surface area contributed by atoms with Crippen LogP contribution in [0.3, 0.4) is 0 Å². The lowest BCUT2D eigenvalue weighted by Crippen LogP contribution is -2.10. The maximum Gasteiger partial charge on any atom is 0.140 e. The van der Waals surface area contributed by atoms with Gasteiger partial charge in [-0.25, -0.2) is 0 Å². The molecule has 0 fully saturated rings. The van der Waals surface area contributed by atoms with Gasteiger partial charge in [0, 0.05) is 16.9 Å². The zero-order valence-corrected chi connectivity index (χ0v) is 11.5. The van der Waals surface area contributed by atoms with E-state index in [9.17, 15) is 5.26 Å². The monoisotopic (exact) mass is 301 g/mol. The fourth-order valence-electron chi connectivity index (χ4n) is 1.76. The molecule has 0 bridgehead atoms. The van der Waals surface area contributed by atoms with Gasteiger partial charge in [-0.2, -0.15) is 5.26 Å². The Morgan fingerprint density at radius 3 is 2.83 bits per heavy atom. The number of pyridine rings is 1. The van der Waals surface area contributed by atoms with Crippen molar-refractivity contribution in [1.82, 2.24) is 4.98 Å². The average Bonchev–Trinajstić information content (AvgIpc) is 2.38. The Bertz CT molecular complexity index is 575. The Hall–Kier alpha value is -1.86. The molecule has 0 spiro atoms. The number of benzene rings is 1. The van der Waals surface area contributed by atoms with Gasteiger partial charge in [0.15, 0.2) is 0 Å². The first-order valence-electron chi connectivity index (χ1n) is 5.53. The largest absolute Gasteiger partial charge is 0.365 e. The van der Waals surface area contributed by atoms with E-state index in [1.807, 2.05) is 37.3 Å². The highest BCUT2D eigenvalue weighted by Crippen LogP contribution is 2.24. The van der Waals surface area contributed by atoms with Crippen molar-refractivity contribution in [3.05, 3.63) is 58.3 Å². The van der Waals surface area contributed by atoms with E-state index >= 15 is 0 Å². The summed E-state index contributed by atoms with van der Waals surface area (Å²) >= 11 is 3.42. The molecule has 1 aromatic heterocycles. The smallest absolute Gasteiger partial charge is 0.140 e. The molecule has 0 aliphatic carbocycles. The molecule has 1 atom stereocenters. The Labute approximate surface area is 115 Å². The molecule has 0 saturated heterocycles. The van der Waals surface area contributed by atoms with Crippen molar-refractivity contribution in [3.63, 3.8) is 0 Å². The highest BCUT2D eigenvalue weighted by Gasteiger charge is 2.12. The van der Waals surface area contributed by atoms with Crippen molar-refractivity contribution in [2.75, 3.05) is 5.32 Å². The van der Waals surface area contributed by atoms with Crippen LogP contribution in [-0.2, 0) is 0 Å². The number of nitrogens with one attached hydrogen (secondary N) is 1. The molecule has 1 aromatic carbocycles. The van der Waals surface area contributed by atoms with Crippen molar-refractivity contribution < 1.29 is 0 Å². The van der Waals surface area contributed by atoms with Crippen LogP contribution in [0.25, 0.3) is 0 Å². The lowest BCUT2D eigenvalue weighted by Gasteiger charge is -2.15. The normalized spacial score (nSPS) is 11.6. The van der Waals surface area contributed by atoms with Crippen molar-refractivity contribution in [2.45, 2.75) is 13.0 Å². The molecular formula is C14H12BrN3. The molecule has 1 heterocycles. The molecule has 3 nitrogen and oxygen atoms in total. The number of halogens is 1. The van der Waals surface area contributed by atoms with Crippen molar-refractivity contribution in [2.24, 2.45) is 0 Å². The van der Waals surface area contributed by atoms with E-state index < -0.39 is 0 Å². The average molecular weight is 302 g/mol. The van der Waals surface area contributed by atoms with Gasteiger partial charge < -0.3 is 5.32 Å². The van der Waals surface area contributed by atoms with Gasteiger partial charge in [0.1, 0.15) is 6.04 Å². The maximum absolute atomic E-state index is 9.29. The Kier molecular flexibility index (Phi) is 3.96. The number of nitriles is 1. The van der Waals surface area contributed by atoms with Crippen LogP contribution in [0, 0.1) is 18.3 Å². The second-order valence-electron chi connectivity index (χ2n) is 3.95. The molecular weight excluding hydrogens is 290 g/mol. The summed E-state index contributed by atoms with van der Waals surface area (Å²) < 4.78 is 1.02. The third-order valence-electron chi connectivity index (χ3n) is 2.64. The minimum absolute atomic E-state index is 0.373. The molecule has 0 radical (unpaired) electrons. The summed E-state index contributed by atoms with van der Waals surface area (Å²) in [4.78, 5) is 4.02. The van der Waals surface area contributed by atoms with Crippen LogP contribution < -0.4 is 5.32 Å². The van der Waals surface area contributed by atoms with Gasteiger partial charge >= 0.3 is 0 Å². The maximum atomic E-state index is 9.29. The van der Waals surface area contributed by atoms with Crippen molar-refractivity contribution in [1.29, 1.82) is 5.26 Å². The molecule has 1 unspecified atom stereocenters. The van der Waals surface area contributed by atoms with Gasteiger partial charge in [0.25, 0.3) is 0 Å². The summed E-state index contributed by atoms with van der Waals surface area (Å²) in [5.74, 6) is 0. The molecule has 90 valence electrons. The number of aryl methyl sites for hydroxylation is 1. The van der Waals surface area contributed by atoms with Crippen molar-refractivity contribution >= 4 is 21.6 Å². The van der Waals surface area contributed by atoms with Gasteiger partial charge in [-0.05, 0) is 42.3 Å². The lowest BCUT2D eigenvalue weighted by atomic mass is 10.0. The second-order valence-corrected chi connectivity index (χ2v) is 4.86. The third kappa shape index (κ3) is 2.88. The minimum atomic E-state index is -0.373.